The van der Waals surface area contributed by atoms with E-state index in [-0.39, 0.29) is 5.63 Å². The molecule has 4 aromatic rings. The van der Waals surface area contributed by atoms with Gasteiger partial charge in [0.2, 0.25) is 0 Å². The molecule has 1 aliphatic heterocycles. The van der Waals surface area contributed by atoms with E-state index in [1.165, 1.54) is 0 Å². The van der Waals surface area contributed by atoms with Crippen molar-refractivity contribution >= 4 is 22.3 Å². The summed E-state index contributed by atoms with van der Waals surface area (Å²) in [4.78, 5) is 24.3. The molecule has 7 heteroatoms. The van der Waals surface area contributed by atoms with Crippen molar-refractivity contribution in [1.29, 1.82) is 0 Å². The van der Waals surface area contributed by atoms with Crippen molar-refractivity contribution in [2.75, 3.05) is 31.1 Å². The number of hydrogen-bond acceptors (Lipinski definition) is 6. The monoisotopic (exact) mass is 389 g/mol. The molecule has 0 aliphatic carbocycles. The largest absolute Gasteiger partial charge is 0.422 e. The number of anilines is 1. The smallest absolute Gasteiger partial charge is 0.345 e. The molecule has 5 rings (SSSR count). The average Bonchev–Trinajstić information content (AvgIpc) is 3.16. The normalized spacial score (nSPS) is 14.8. The predicted octanol–water partition coefficient (Wildman–Crippen LogP) is 2.78. The summed E-state index contributed by atoms with van der Waals surface area (Å²) in [5.41, 5.74) is 5.00. The first-order valence-electron chi connectivity index (χ1n) is 10.0. The fourth-order valence-electron chi connectivity index (χ4n) is 3.96. The van der Waals surface area contributed by atoms with E-state index in [1.54, 1.807) is 0 Å². The van der Waals surface area contributed by atoms with Crippen LogP contribution in [0.2, 0.25) is 0 Å². The van der Waals surface area contributed by atoms with Crippen LogP contribution in [0.4, 0.5) is 5.69 Å². The van der Waals surface area contributed by atoms with Crippen molar-refractivity contribution < 1.29 is 4.42 Å². The highest BCUT2D eigenvalue weighted by molar-refractivity contribution is 5.84. The van der Waals surface area contributed by atoms with Gasteiger partial charge in [-0.1, -0.05) is 6.92 Å². The Bertz CT molecular complexity index is 1270. The van der Waals surface area contributed by atoms with E-state index in [0.29, 0.717) is 16.8 Å². The van der Waals surface area contributed by atoms with Crippen LogP contribution in [-0.4, -0.2) is 40.5 Å². The van der Waals surface area contributed by atoms with Gasteiger partial charge in [0.05, 0.1) is 22.6 Å². The molecule has 7 nitrogen and oxygen atoms in total. The maximum Gasteiger partial charge on any atom is 0.345 e. The Hall–Kier alpha value is -3.19. The van der Waals surface area contributed by atoms with E-state index < -0.39 is 0 Å². The van der Waals surface area contributed by atoms with E-state index >= 15 is 0 Å². The first-order valence-corrected chi connectivity index (χ1v) is 10.0. The number of rotatable bonds is 3. The van der Waals surface area contributed by atoms with Gasteiger partial charge in [-0.15, -0.1) is 0 Å². The fourth-order valence-corrected chi connectivity index (χ4v) is 3.96. The van der Waals surface area contributed by atoms with Crippen LogP contribution in [0.25, 0.3) is 27.9 Å². The van der Waals surface area contributed by atoms with Crippen molar-refractivity contribution in [1.82, 2.24) is 19.7 Å². The molecule has 0 atom stereocenters. The molecule has 0 radical (unpaired) electrons. The summed E-state index contributed by atoms with van der Waals surface area (Å²) < 4.78 is 7.63. The van der Waals surface area contributed by atoms with Crippen molar-refractivity contribution in [3.63, 3.8) is 0 Å². The van der Waals surface area contributed by atoms with Crippen LogP contribution in [0.1, 0.15) is 18.3 Å². The fraction of sp³-hybridized carbons (Fsp3) is 0.318. The molecule has 148 valence electrons. The Morgan fingerprint density at radius 1 is 1.14 bits per heavy atom. The summed E-state index contributed by atoms with van der Waals surface area (Å²) in [7, 11) is 0. The number of imidazole rings is 1. The zero-order valence-electron chi connectivity index (χ0n) is 16.6. The standard InChI is InChI=1S/C22H23N5O2/c1-3-18-21-25-19(13-27(21)12-14(2)24-18)17-10-15-4-5-16(11-20(15)29-22(17)28)26-8-6-23-7-9-26/h4-5,10-13,23H,3,6-9H2,1-2H3. The zero-order valence-corrected chi connectivity index (χ0v) is 16.6. The highest BCUT2D eigenvalue weighted by atomic mass is 16.4. The molecular formula is C22H23N5O2. The number of benzene rings is 1. The third-order valence-electron chi connectivity index (χ3n) is 5.44. The van der Waals surface area contributed by atoms with E-state index in [1.807, 2.05) is 41.9 Å². The lowest BCUT2D eigenvalue weighted by molar-refractivity contribution is 0.561. The summed E-state index contributed by atoms with van der Waals surface area (Å²) >= 11 is 0. The number of piperazine rings is 1. The van der Waals surface area contributed by atoms with Crippen molar-refractivity contribution in [2.45, 2.75) is 20.3 Å². The number of nitrogens with zero attached hydrogens (tertiary/aromatic N) is 4. The lowest BCUT2D eigenvalue weighted by Gasteiger charge is -2.29. The van der Waals surface area contributed by atoms with Crippen LogP contribution in [0.15, 0.2) is 45.9 Å². The summed E-state index contributed by atoms with van der Waals surface area (Å²) in [5, 5.41) is 4.24. The molecule has 0 unspecified atom stereocenters. The molecule has 3 aromatic heterocycles. The highest BCUT2D eigenvalue weighted by Crippen LogP contribution is 2.26. The van der Waals surface area contributed by atoms with Gasteiger partial charge in [-0.3, -0.25) is 4.98 Å². The predicted molar refractivity (Wildman–Crippen MR) is 114 cm³/mol. The quantitative estimate of drug-likeness (QED) is 0.543. The summed E-state index contributed by atoms with van der Waals surface area (Å²) in [6.07, 6.45) is 4.58. The molecule has 1 fully saturated rings. The van der Waals surface area contributed by atoms with Crippen LogP contribution >= 0.6 is 0 Å². The molecule has 0 amide bonds. The minimum absolute atomic E-state index is 0.374. The number of aryl methyl sites for hydroxylation is 2. The summed E-state index contributed by atoms with van der Waals surface area (Å²) in [6.45, 7) is 7.82. The maximum absolute atomic E-state index is 12.8. The van der Waals surface area contributed by atoms with Gasteiger partial charge in [0, 0.05) is 55.7 Å². The lowest BCUT2D eigenvalue weighted by Crippen LogP contribution is -2.43. The Morgan fingerprint density at radius 3 is 2.76 bits per heavy atom. The Labute approximate surface area is 168 Å². The van der Waals surface area contributed by atoms with Crippen molar-refractivity contribution in [3.8, 4) is 11.3 Å². The maximum atomic E-state index is 12.8. The third-order valence-corrected chi connectivity index (χ3v) is 5.44. The van der Waals surface area contributed by atoms with Gasteiger partial charge in [-0.2, -0.15) is 0 Å². The third kappa shape index (κ3) is 3.17. The van der Waals surface area contributed by atoms with Gasteiger partial charge < -0.3 is 19.0 Å². The SMILES string of the molecule is CCc1nc(C)cn2cc(-c3cc4ccc(N5CCNCC5)cc4oc3=O)nc12. The second-order valence-electron chi connectivity index (χ2n) is 7.45. The second-order valence-corrected chi connectivity index (χ2v) is 7.45. The van der Waals surface area contributed by atoms with E-state index in [2.05, 4.69) is 33.2 Å². The summed E-state index contributed by atoms with van der Waals surface area (Å²) in [6, 6.07) is 7.93. The van der Waals surface area contributed by atoms with E-state index in [4.69, 9.17) is 4.42 Å². The first-order chi connectivity index (χ1) is 14.1. The topological polar surface area (TPSA) is 75.7 Å². The molecule has 0 saturated carbocycles. The molecule has 1 aromatic carbocycles. The highest BCUT2D eigenvalue weighted by Gasteiger charge is 2.16. The molecule has 0 spiro atoms. The average molecular weight is 389 g/mol. The van der Waals surface area contributed by atoms with Gasteiger partial charge in [0.25, 0.3) is 0 Å². The van der Waals surface area contributed by atoms with Gasteiger partial charge >= 0.3 is 5.63 Å². The molecule has 1 N–H and O–H groups in total. The minimum Gasteiger partial charge on any atom is -0.422 e. The van der Waals surface area contributed by atoms with Crippen molar-refractivity contribution in [3.05, 3.63) is 58.5 Å². The lowest BCUT2D eigenvalue weighted by atomic mass is 10.1. The Morgan fingerprint density at radius 2 is 1.97 bits per heavy atom. The van der Waals surface area contributed by atoms with Gasteiger partial charge in [0.1, 0.15) is 5.58 Å². The van der Waals surface area contributed by atoms with Crippen molar-refractivity contribution in [2.24, 2.45) is 0 Å². The molecule has 1 aliphatic rings. The zero-order chi connectivity index (χ0) is 20.0. The first kappa shape index (κ1) is 17.9. The minimum atomic E-state index is -0.374. The van der Waals surface area contributed by atoms with Gasteiger partial charge in [-0.05, 0) is 31.5 Å². The number of nitrogens with one attached hydrogen (secondary N) is 1. The number of aromatic nitrogens is 3. The van der Waals surface area contributed by atoms with Crippen LogP contribution in [0.3, 0.4) is 0 Å². The van der Waals surface area contributed by atoms with Crippen LogP contribution in [-0.2, 0) is 6.42 Å². The molecule has 29 heavy (non-hydrogen) atoms. The van der Waals surface area contributed by atoms with Crippen LogP contribution in [0.5, 0.6) is 0 Å². The van der Waals surface area contributed by atoms with Gasteiger partial charge in [0.15, 0.2) is 5.65 Å². The second kappa shape index (κ2) is 7.00. The molecule has 4 heterocycles. The molecule has 0 bridgehead atoms. The van der Waals surface area contributed by atoms with Crippen LogP contribution in [0, 0.1) is 6.92 Å². The summed E-state index contributed by atoms with van der Waals surface area (Å²) in [5.74, 6) is 0. The number of hydrogen-bond donors (Lipinski definition) is 1. The van der Waals surface area contributed by atoms with Gasteiger partial charge in [-0.25, -0.2) is 9.78 Å². The van der Waals surface area contributed by atoms with E-state index in [0.717, 1.165) is 60.7 Å². The Kier molecular flexibility index (Phi) is 4.32. The molecule has 1 saturated heterocycles. The van der Waals surface area contributed by atoms with Crippen LogP contribution < -0.4 is 15.8 Å². The Balaban J connectivity index is 1.59. The number of fused-ring (bicyclic) bond motifs is 2. The van der Waals surface area contributed by atoms with E-state index in [9.17, 15) is 4.79 Å². The molecular weight excluding hydrogens is 366 g/mol.